The molecule has 0 bridgehead atoms. The zero-order valence-corrected chi connectivity index (χ0v) is 11.5. The molecule has 0 aliphatic heterocycles. The lowest BCUT2D eigenvalue weighted by molar-refractivity contribution is -0.119. The standard InChI is InChI=1S/C12H23N3O4/c1-12(5-6-16,8-19-2)13-7-10(17)15-11(18)14-9-3-4-9/h9,13,16H,3-8H2,1-2H3,(H2,14,15,17,18). The van der Waals surface area contributed by atoms with Gasteiger partial charge in [0.15, 0.2) is 0 Å². The van der Waals surface area contributed by atoms with Crippen LogP contribution in [0.3, 0.4) is 0 Å². The van der Waals surface area contributed by atoms with Crippen LogP contribution >= 0.6 is 0 Å². The Morgan fingerprint density at radius 2 is 2.11 bits per heavy atom. The maximum atomic E-state index is 11.6. The predicted octanol–water partition coefficient (Wildman–Crippen LogP) is -0.648. The van der Waals surface area contributed by atoms with Crippen LogP contribution in [-0.2, 0) is 9.53 Å². The third-order valence-electron chi connectivity index (χ3n) is 2.97. The van der Waals surface area contributed by atoms with E-state index in [0.29, 0.717) is 13.0 Å². The number of carbonyl (C=O) groups excluding carboxylic acids is 2. The van der Waals surface area contributed by atoms with E-state index in [1.54, 1.807) is 7.11 Å². The first-order valence-electron chi connectivity index (χ1n) is 6.44. The monoisotopic (exact) mass is 273 g/mol. The largest absolute Gasteiger partial charge is 0.396 e. The molecule has 1 fully saturated rings. The van der Waals surface area contributed by atoms with Crippen LogP contribution in [-0.4, -0.2) is 55.5 Å². The van der Waals surface area contributed by atoms with E-state index in [4.69, 9.17) is 9.84 Å². The maximum Gasteiger partial charge on any atom is 0.321 e. The first-order valence-corrected chi connectivity index (χ1v) is 6.44. The second kappa shape index (κ2) is 7.42. The Morgan fingerprint density at radius 3 is 2.63 bits per heavy atom. The van der Waals surface area contributed by atoms with Crippen LogP contribution in [0.25, 0.3) is 0 Å². The van der Waals surface area contributed by atoms with Crippen molar-refractivity contribution in [2.24, 2.45) is 0 Å². The molecule has 1 aliphatic carbocycles. The van der Waals surface area contributed by atoms with E-state index in [1.807, 2.05) is 6.92 Å². The quantitative estimate of drug-likeness (QED) is 0.471. The molecule has 4 N–H and O–H groups in total. The first kappa shape index (κ1) is 15.9. The van der Waals surface area contributed by atoms with E-state index in [0.717, 1.165) is 12.8 Å². The fourth-order valence-electron chi connectivity index (χ4n) is 1.69. The summed E-state index contributed by atoms with van der Waals surface area (Å²) in [6, 6.07) is -0.237. The van der Waals surface area contributed by atoms with Gasteiger partial charge < -0.3 is 20.5 Å². The minimum atomic E-state index is -0.492. The SMILES string of the molecule is COCC(C)(CCO)NCC(=O)NC(=O)NC1CC1. The Hall–Kier alpha value is -1.18. The molecule has 0 aromatic carbocycles. The molecule has 19 heavy (non-hydrogen) atoms. The third kappa shape index (κ3) is 6.51. The Bertz CT molecular complexity index is 312. The van der Waals surface area contributed by atoms with Gasteiger partial charge in [-0.3, -0.25) is 10.1 Å². The van der Waals surface area contributed by atoms with Crippen LogP contribution in [0.2, 0.25) is 0 Å². The summed E-state index contributed by atoms with van der Waals surface area (Å²) in [5.41, 5.74) is -0.492. The lowest BCUT2D eigenvalue weighted by Gasteiger charge is -2.29. The van der Waals surface area contributed by atoms with Crippen molar-refractivity contribution in [3.8, 4) is 0 Å². The Kier molecular flexibility index (Phi) is 6.20. The van der Waals surface area contributed by atoms with Crippen molar-refractivity contribution in [2.45, 2.75) is 37.8 Å². The van der Waals surface area contributed by atoms with Crippen LogP contribution in [0.4, 0.5) is 4.79 Å². The summed E-state index contributed by atoms with van der Waals surface area (Å²) < 4.78 is 5.05. The second-order valence-corrected chi connectivity index (χ2v) is 5.12. The smallest absolute Gasteiger partial charge is 0.321 e. The molecular formula is C12H23N3O4. The molecule has 0 aromatic rings. The molecule has 7 nitrogen and oxygen atoms in total. The van der Waals surface area contributed by atoms with Gasteiger partial charge in [0.05, 0.1) is 13.2 Å². The van der Waals surface area contributed by atoms with Gasteiger partial charge in [-0.25, -0.2) is 4.79 Å². The van der Waals surface area contributed by atoms with Crippen LogP contribution in [0.15, 0.2) is 0 Å². The number of rotatable bonds is 8. The van der Waals surface area contributed by atoms with E-state index in [2.05, 4.69) is 16.0 Å². The molecule has 1 aliphatic rings. The molecule has 1 rings (SSSR count). The minimum absolute atomic E-state index is 0.00204. The summed E-state index contributed by atoms with van der Waals surface area (Å²) in [5, 5.41) is 16.9. The molecular weight excluding hydrogens is 250 g/mol. The van der Waals surface area contributed by atoms with Crippen LogP contribution in [0, 0.1) is 0 Å². The molecule has 7 heteroatoms. The molecule has 1 saturated carbocycles. The summed E-state index contributed by atoms with van der Waals surface area (Å²) in [7, 11) is 1.56. The van der Waals surface area contributed by atoms with Gasteiger partial charge in [-0.2, -0.15) is 0 Å². The van der Waals surface area contributed by atoms with Gasteiger partial charge in [0.2, 0.25) is 5.91 Å². The average Bonchev–Trinajstić information content (AvgIpc) is 3.11. The van der Waals surface area contributed by atoms with Crippen molar-refractivity contribution in [1.82, 2.24) is 16.0 Å². The van der Waals surface area contributed by atoms with Crippen molar-refractivity contribution < 1.29 is 19.4 Å². The van der Waals surface area contributed by atoms with Gasteiger partial charge in [0.1, 0.15) is 0 Å². The summed E-state index contributed by atoms with van der Waals surface area (Å²) in [6.45, 7) is 2.22. The van der Waals surface area contributed by atoms with Gasteiger partial charge in [0, 0.05) is 25.3 Å². The normalized spacial score (nSPS) is 17.6. The number of carbonyl (C=O) groups is 2. The number of aliphatic hydroxyl groups is 1. The number of aliphatic hydroxyl groups excluding tert-OH is 1. The Labute approximate surface area is 113 Å². The van der Waals surface area contributed by atoms with Gasteiger partial charge in [-0.1, -0.05) is 0 Å². The van der Waals surface area contributed by atoms with Crippen LogP contribution < -0.4 is 16.0 Å². The predicted molar refractivity (Wildman–Crippen MR) is 69.7 cm³/mol. The summed E-state index contributed by atoms with van der Waals surface area (Å²) in [4.78, 5) is 22.9. The molecule has 0 heterocycles. The summed E-state index contributed by atoms with van der Waals surface area (Å²) in [6.07, 6.45) is 2.41. The summed E-state index contributed by atoms with van der Waals surface area (Å²) >= 11 is 0. The van der Waals surface area contributed by atoms with Crippen molar-refractivity contribution in [3.05, 3.63) is 0 Å². The number of imide groups is 1. The van der Waals surface area contributed by atoms with Crippen LogP contribution in [0.5, 0.6) is 0 Å². The minimum Gasteiger partial charge on any atom is -0.396 e. The van der Waals surface area contributed by atoms with Crippen LogP contribution in [0.1, 0.15) is 26.2 Å². The van der Waals surface area contributed by atoms with Gasteiger partial charge in [0.25, 0.3) is 0 Å². The third-order valence-corrected chi connectivity index (χ3v) is 2.97. The second-order valence-electron chi connectivity index (χ2n) is 5.12. The molecule has 0 aromatic heterocycles. The van der Waals surface area contributed by atoms with Crippen molar-refractivity contribution in [3.63, 3.8) is 0 Å². The van der Waals surface area contributed by atoms with Gasteiger partial charge in [-0.15, -0.1) is 0 Å². The summed E-state index contributed by atoms with van der Waals surface area (Å²) in [5.74, 6) is -0.404. The number of hydrogen-bond acceptors (Lipinski definition) is 5. The molecule has 0 radical (unpaired) electrons. The number of methoxy groups -OCH3 is 1. The van der Waals surface area contributed by atoms with Crippen molar-refractivity contribution >= 4 is 11.9 Å². The Balaban J connectivity index is 2.27. The van der Waals surface area contributed by atoms with Crippen molar-refractivity contribution in [2.75, 3.05) is 26.9 Å². The fourth-order valence-corrected chi connectivity index (χ4v) is 1.69. The lowest BCUT2D eigenvalue weighted by atomic mass is 9.99. The topological polar surface area (TPSA) is 99.7 Å². The zero-order valence-electron chi connectivity index (χ0n) is 11.5. The molecule has 0 spiro atoms. The maximum absolute atomic E-state index is 11.6. The number of nitrogens with one attached hydrogen (secondary N) is 3. The molecule has 3 amide bonds. The number of amides is 3. The highest BCUT2D eigenvalue weighted by atomic mass is 16.5. The highest BCUT2D eigenvalue weighted by molar-refractivity contribution is 5.95. The zero-order chi connectivity index (χ0) is 14.3. The average molecular weight is 273 g/mol. The van der Waals surface area contributed by atoms with E-state index in [1.165, 1.54) is 0 Å². The lowest BCUT2D eigenvalue weighted by Crippen LogP contribution is -2.52. The highest BCUT2D eigenvalue weighted by Crippen LogP contribution is 2.18. The van der Waals surface area contributed by atoms with Gasteiger partial charge in [-0.05, 0) is 26.2 Å². The molecule has 0 saturated heterocycles. The molecule has 1 unspecified atom stereocenters. The number of hydrogen-bond donors (Lipinski definition) is 4. The fraction of sp³-hybridized carbons (Fsp3) is 0.833. The van der Waals surface area contributed by atoms with E-state index < -0.39 is 17.5 Å². The number of ether oxygens (including phenoxy) is 1. The van der Waals surface area contributed by atoms with E-state index >= 15 is 0 Å². The van der Waals surface area contributed by atoms with Crippen molar-refractivity contribution in [1.29, 1.82) is 0 Å². The number of urea groups is 1. The van der Waals surface area contributed by atoms with E-state index in [-0.39, 0.29) is 19.2 Å². The molecule has 1 atom stereocenters. The Morgan fingerprint density at radius 1 is 1.42 bits per heavy atom. The van der Waals surface area contributed by atoms with E-state index in [9.17, 15) is 9.59 Å². The van der Waals surface area contributed by atoms with Gasteiger partial charge >= 0.3 is 6.03 Å². The highest BCUT2D eigenvalue weighted by Gasteiger charge is 2.26. The first-order chi connectivity index (χ1) is 8.99. The molecule has 110 valence electrons.